The van der Waals surface area contributed by atoms with E-state index in [4.69, 9.17) is 10.3 Å². The summed E-state index contributed by atoms with van der Waals surface area (Å²) in [7, 11) is -2.91. The minimum atomic E-state index is -2.91. The minimum absolute atomic E-state index is 0.132. The third kappa shape index (κ3) is 6.73. The first kappa shape index (κ1) is 18.9. The summed E-state index contributed by atoms with van der Waals surface area (Å²) in [6.45, 7) is 4.23. The molecule has 0 aromatic heterocycles. The number of Topliss-reactive ketones (excluding diaryl/α,β-unsaturated/α-hetero) is 1. The van der Waals surface area contributed by atoms with E-state index in [1.54, 1.807) is 19.1 Å². The zero-order valence-electron chi connectivity index (χ0n) is 13.5. The molecular formula is C16H27N2O3P. The van der Waals surface area contributed by atoms with Crippen molar-refractivity contribution in [2.24, 2.45) is 5.73 Å². The van der Waals surface area contributed by atoms with Crippen LogP contribution in [0.1, 0.15) is 33.1 Å². The quantitative estimate of drug-likeness (QED) is 0.611. The van der Waals surface area contributed by atoms with Crippen molar-refractivity contribution in [2.75, 3.05) is 19.0 Å². The second-order valence-electron chi connectivity index (χ2n) is 5.38. The van der Waals surface area contributed by atoms with E-state index in [2.05, 4.69) is 5.32 Å². The van der Waals surface area contributed by atoms with Crippen LogP contribution in [0.4, 0.5) is 0 Å². The highest BCUT2D eigenvalue weighted by Gasteiger charge is 2.25. The van der Waals surface area contributed by atoms with Gasteiger partial charge in [-0.3, -0.25) is 14.7 Å². The molecular weight excluding hydrogens is 299 g/mol. The number of carbonyl (C=O) groups is 1. The summed E-state index contributed by atoms with van der Waals surface area (Å²) in [5.74, 6) is 0.713. The Morgan fingerprint density at radius 2 is 2.05 bits per heavy atom. The summed E-state index contributed by atoms with van der Waals surface area (Å²) in [6.07, 6.45) is 2.55. The average molecular weight is 326 g/mol. The maximum atomic E-state index is 13.0. The molecule has 6 heteroatoms. The first-order chi connectivity index (χ1) is 10.5. The van der Waals surface area contributed by atoms with Crippen LogP contribution in [0, 0.1) is 0 Å². The van der Waals surface area contributed by atoms with Crippen LogP contribution in [0.2, 0.25) is 0 Å². The van der Waals surface area contributed by atoms with Crippen molar-refractivity contribution in [3.8, 4) is 5.75 Å². The molecule has 0 aliphatic carbocycles. The monoisotopic (exact) mass is 326 g/mol. The van der Waals surface area contributed by atoms with Crippen LogP contribution < -0.4 is 15.6 Å². The lowest BCUT2D eigenvalue weighted by Crippen LogP contribution is -2.35. The SMILES string of the molecule is CCCC(=O)[C@H](C)NCP(=O)(CCCN)Oc1ccccc1. The van der Waals surface area contributed by atoms with E-state index in [1.807, 2.05) is 25.1 Å². The molecule has 2 atom stereocenters. The van der Waals surface area contributed by atoms with E-state index in [-0.39, 0.29) is 18.1 Å². The summed E-state index contributed by atoms with van der Waals surface area (Å²) in [4.78, 5) is 11.8. The maximum absolute atomic E-state index is 13.0. The number of hydrogen-bond donors (Lipinski definition) is 2. The zero-order chi connectivity index (χ0) is 16.4. The Kier molecular flexibility index (Phi) is 8.39. The fraction of sp³-hybridized carbons (Fsp3) is 0.562. The molecule has 0 aliphatic heterocycles. The van der Waals surface area contributed by atoms with Gasteiger partial charge in [-0.25, -0.2) is 0 Å². The van der Waals surface area contributed by atoms with E-state index >= 15 is 0 Å². The number of ketones is 1. The second-order valence-corrected chi connectivity index (χ2v) is 7.96. The molecule has 124 valence electrons. The Labute approximate surface area is 133 Å². The lowest BCUT2D eigenvalue weighted by molar-refractivity contribution is -0.120. The van der Waals surface area contributed by atoms with Gasteiger partial charge in [0, 0.05) is 12.6 Å². The molecule has 5 nitrogen and oxygen atoms in total. The maximum Gasteiger partial charge on any atom is 0.261 e. The van der Waals surface area contributed by atoms with Crippen LogP contribution >= 0.6 is 7.37 Å². The van der Waals surface area contributed by atoms with Gasteiger partial charge in [-0.2, -0.15) is 0 Å². The summed E-state index contributed by atoms with van der Waals surface area (Å²) in [6, 6.07) is 8.79. The summed E-state index contributed by atoms with van der Waals surface area (Å²) < 4.78 is 18.7. The molecule has 0 aliphatic rings. The van der Waals surface area contributed by atoms with Gasteiger partial charge in [0.05, 0.1) is 12.3 Å². The molecule has 1 unspecified atom stereocenters. The van der Waals surface area contributed by atoms with E-state index in [1.165, 1.54) is 0 Å². The first-order valence-electron chi connectivity index (χ1n) is 7.79. The number of carbonyl (C=O) groups excluding carboxylic acids is 1. The largest absolute Gasteiger partial charge is 0.442 e. The minimum Gasteiger partial charge on any atom is -0.442 e. The van der Waals surface area contributed by atoms with Gasteiger partial charge in [0.15, 0.2) is 0 Å². The molecule has 1 aromatic rings. The molecule has 0 saturated heterocycles. The van der Waals surface area contributed by atoms with Gasteiger partial charge < -0.3 is 10.3 Å². The van der Waals surface area contributed by atoms with Crippen molar-refractivity contribution in [3.05, 3.63) is 30.3 Å². The number of hydrogen-bond acceptors (Lipinski definition) is 5. The van der Waals surface area contributed by atoms with Crippen LogP contribution in [0.15, 0.2) is 30.3 Å². The van der Waals surface area contributed by atoms with Crippen molar-refractivity contribution in [2.45, 2.75) is 39.2 Å². The molecule has 0 radical (unpaired) electrons. The third-order valence-electron chi connectivity index (χ3n) is 3.34. The number of nitrogens with one attached hydrogen (secondary N) is 1. The lowest BCUT2D eigenvalue weighted by atomic mass is 10.1. The van der Waals surface area contributed by atoms with Gasteiger partial charge >= 0.3 is 0 Å². The van der Waals surface area contributed by atoms with Crippen molar-refractivity contribution >= 4 is 13.2 Å². The average Bonchev–Trinajstić information content (AvgIpc) is 2.52. The Morgan fingerprint density at radius 1 is 1.36 bits per heavy atom. The number of benzene rings is 1. The highest BCUT2D eigenvalue weighted by Crippen LogP contribution is 2.46. The molecule has 1 rings (SSSR count). The smallest absolute Gasteiger partial charge is 0.261 e. The zero-order valence-corrected chi connectivity index (χ0v) is 14.4. The molecule has 0 bridgehead atoms. The van der Waals surface area contributed by atoms with Crippen molar-refractivity contribution < 1.29 is 13.9 Å². The predicted molar refractivity (Wildman–Crippen MR) is 90.6 cm³/mol. The highest BCUT2D eigenvalue weighted by atomic mass is 31.2. The number of rotatable bonds is 11. The van der Waals surface area contributed by atoms with E-state index in [0.717, 1.165) is 6.42 Å². The molecule has 3 N–H and O–H groups in total. The molecule has 0 spiro atoms. The van der Waals surface area contributed by atoms with Gasteiger partial charge in [-0.05, 0) is 38.4 Å². The van der Waals surface area contributed by atoms with E-state index in [0.29, 0.717) is 31.3 Å². The fourth-order valence-corrected chi connectivity index (χ4v) is 4.05. The number of para-hydroxylation sites is 1. The lowest BCUT2D eigenvalue weighted by Gasteiger charge is -2.22. The van der Waals surface area contributed by atoms with Crippen LogP contribution in [0.3, 0.4) is 0 Å². The van der Waals surface area contributed by atoms with Gasteiger partial charge in [0.25, 0.3) is 7.37 Å². The van der Waals surface area contributed by atoms with Crippen LogP contribution in [0.25, 0.3) is 0 Å². The molecule has 0 amide bonds. The van der Waals surface area contributed by atoms with E-state index < -0.39 is 7.37 Å². The third-order valence-corrected chi connectivity index (χ3v) is 5.54. The van der Waals surface area contributed by atoms with Gasteiger partial charge in [0.2, 0.25) is 0 Å². The molecule has 0 fully saturated rings. The Morgan fingerprint density at radius 3 is 2.64 bits per heavy atom. The fourth-order valence-electron chi connectivity index (χ4n) is 2.02. The van der Waals surface area contributed by atoms with Crippen LogP contribution in [-0.2, 0) is 9.36 Å². The summed E-state index contributed by atoms with van der Waals surface area (Å²) in [5.41, 5.74) is 5.52. The molecule has 1 aromatic carbocycles. The standard InChI is InChI=1S/C16H27N2O3P/c1-3-8-16(19)14(2)18-13-22(20,12-7-11-17)21-15-9-5-4-6-10-15/h4-6,9-10,14,18H,3,7-8,11-13,17H2,1-2H3/t14-,22?/m0/s1. The van der Waals surface area contributed by atoms with Gasteiger partial charge in [-0.1, -0.05) is 25.1 Å². The Balaban J connectivity index is 2.66. The normalized spacial score (nSPS) is 15.0. The van der Waals surface area contributed by atoms with Crippen molar-refractivity contribution in [1.29, 1.82) is 0 Å². The Bertz CT molecular complexity index is 493. The predicted octanol–water partition coefficient (Wildman–Crippen LogP) is 3.00. The second kappa shape index (κ2) is 9.78. The first-order valence-corrected chi connectivity index (χ1v) is 9.79. The summed E-state index contributed by atoms with van der Waals surface area (Å²) in [5, 5.41) is 3.06. The molecule has 0 saturated carbocycles. The Hall–Kier alpha value is -1.16. The van der Waals surface area contributed by atoms with Gasteiger partial charge in [-0.15, -0.1) is 0 Å². The topological polar surface area (TPSA) is 81.4 Å². The molecule has 22 heavy (non-hydrogen) atoms. The number of nitrogens with two attached hydrogens (primary N) is 1. The van der Waals surface area contributed by atoms with Gasteiger partial charge in [0.1, 0.15) is 11.5 Å². The van der Waals surface area contributed by atoms with Crippen molar-refractivity contribution in [3.63, 3.8) is 0 Å². The summed E-state index contributed by atoms with van der Waals surface area (Å²) >= 11 is 0. The van der Waals surface area contributed by atoms with Crippen molar-refractivity contribution in [1.82, 2.24) is 5.32 Å². The van der Waals surface area contributed by atoms with Crippen LogP contribution in [0.5, 0.6) is 5.75 Å². The molecule has 0 heterocycles. The van der Waals surface area contributed by atoms with Crippen LogP contribution in [-0.4, -0.2) is 30.8 Å². The van der Waals surface area contributed by atoms with E-state index in [9.17, 15) is 9.36 Å². The highest BCUT2D eigenvalue weighted by molar-refractivity contribution is 7.59.